The lowest BCUT2D eigenvalue weighted by atomic mass is 9.97. The quantitative estimate of drug-likeness (QED) is 0.872. The molecule has 3 rings (SSSR count). The van der Waals surface area contributed by atoms with Crippen molar-refractivity contribution in [3.8, 4) is 10.7 Å². The van der Waals surface area contributed by atoms with Gasteiger partial charge in [0, 0.05) is 12.1 Å². The highest BCUT2D eigenvalue weighted by atomic mass is 32.1. The van der Waals surface area contributed by atoms with Gasteiger partial charge in [-0.05, 0) is 49.8 Å². The number of hydrogen-bond acceptors (Lipinski definition) is 5. The molecule has 0 aliphatic carbocycles. The van der Waals surface area contributed by atoms with E-state index in [-0.39, 0.29) is 12.5 Å². The summed E-state index contributed by atoms with van der Waals surface area (Å²) in [4.78, 5) is 16.8. The third-order valence-corrected chi connectivity index (χ3v) is 4.82. The average Bonchev–Trinajstić information content (AvgIpc) is 3.08. The minimum atomic E-state index is 0.0739. The van der Waals surface area contributed by atoms with Gasteiger partial charge in [0.1, 0.15) is 6.54 Å². The van der Waals surface area contributed by atoms with Crippen molar-refractivity contribution in [3.05, 3.63) is 17.5 Å². The normalized spacial score (nSPS) is 22.5. The Bertz CT molecular complexity index is 599. The highest BCUT2D eigenvalue weighted by Crippen LogP contribution is 2.23. The summed E-state index contributed by atoms with van der Waals surface area (Å²) >= 11 is 1.56. The van der Waals surface area contributed by atoms with E-state index >= 15 is 0 Å². The molecule has 1 aliphatic rings. The first-order chi connectivity index (χ1) is 10.1. The maximum atomic E-state index is 12.5. The molecular formula is C14H19N5OS. The highest BCUT2D eigenvalue weighted by Gasteiger charge is 2.29. The summed E-state index contributed by atoms with van der Waals surface area (Å²) in [5.41, 5.74) is 0. The van der Waals surface area contributed by atoms with Crippen LogP contribution >= 0.6 is 11.3 Å². The maximum Gasteiger partial charge on any atom is 0.246 e. The zero-order valence-corrected chi connectivity index (χ0v) is 13.1. The standard InChI is InChI=1S/C14H19N5OS/c1-10-5-3-6-11(2)19(10)13(20)9-18-16-14(15-17-18)12-7-4-8-21-12/h4,7-8,10-11H,3,5-6,9H2,1-2H3/t10-,11-/m0/s1. The summed E-state index contributed by atoms with van der Waals surface area (Å²) in [5, 5.41) is 14.3. The second-order valence-corrected chi connectivity index (χ2v) is 6.50. The minimum Gasteiger partial charge on any atom is -0.336 e. The van der Waals surface area contributed by atoms with E-state index in [2.05, 4.69) is 29.3 Å². The number of aromatic nitrogens is 4. The number of carbonyl (C=O) groups excluding carboxylic acids is 1. The van der Waals surface area contributed by atoms with E-state index in [4.69, 9.17) is 0 Å². The van der Waals surface area contributed by atoms with E-state index in [1.807, 2.05) is 22.4 Å². The van der Waals surface area contributed by atoms with Crippen LogP contribution in [-0.2, 0) is 11.3 Å². The van der Waals surface area contributed by atoms with Crippen LogP contribution in [0.3, 0.4) is 0 Å². The third kappa shape index (κ3) is 2.97. The monoisotopic (exact) mass is 305 g/mol. The topological polar surface area (TPSA) is 63.9 Å². The van der Waals surface area contributed by atoms with Crippen LogP contribution in [0.25, 0.3) is 10.7 Å². The predicted molar refractivity (Wildman–Crippen MR) is 80.8 cm³/mol. The third-order valence-electron chi connectivity index (χ3n) is 3.95. The molecule has 0 unspecified atom stereocenters. The number of piperidine rings is 1. The molecule has 112 valence electrons. The van der Waals surface area contributed by atoms with Crippen molar-refractivity contribution < 1.29 is 4.79 Å². The van der Waals surface area contributed by atoms with Crippen molar-refractivity contribution in [1.29, 1.82) is 0 Å². The van der Waals surface area contributed by atoms with E-state index in [0.717, 1.165) is 17.7 Å². The van der Waals surface area contributed by atoms with Gasteiger partial charge in [-0.1, -0.05) is 6.07 Å². The van der Waals surface area contributed by atoms with Crippen LogP contribution in [0.4, 0.5) is 0 Å². The van der Waals surface area contributed by atoms with Gasteiger partial charge in [-0.15, -0.1) is 21.5 Å². The van der Waals surface area contributed by atoms with Gasteiger partial charge in [0.05, 0.1) is 4.88 Å². The zero-order valence-electron chi connectivity index (χ0n) is 12.3. The predicted octanol–water partition coefficient (Wildman–Crippen LogP) is 2.19. The van der Waals surface area contributed by atoms with Crippen molar-refractivity contribution in [2.24, 2.45) is 0 Å². The maximum absolute atomic E-state index is 12.5. The highest BCUT2D eigenvalue weighted by molar-refractivity contribution is 7.13. The summed E-state index contributed by atoms with van der Waals surface area (Å²) in [7, 11) is 0. The van der Waals surface area contributed by atoms with E-state index in [9.17, 15) is 4.79 Å². The van der Waals surface area contributed by atoms with Crippen LogP contribution in [0.15, 0.2) is 17.5 Å². The Balaban J connectivity index is 1.70. The molecule has 1 aliphatic heterocycles. The summed E-state index contributed by atoms with van der Waals surface area (Å²) in [6, 6.07) is 4.48. The molecule has 0 bridgehead atoms. The molecule has 0 aromatic carbocycles. The smallest absolute Gasteiger partial charge is 0.246 e. The van der Waals surface area contributed by atoms with Gasteiger partial charge in [-0.25, -0.2) is 0 Å². The van der Waals surface area contributed by atoms with Crippen LogP contribution < -0.4 is 0 Å². The van der Waals surface area contributed by atoms with Crippen LogP contribution in [0, 0.1) is 0 Å². The van der Waals surface area contributed by atoms with Gasteiger partial charge in [0.15, 0.2) is 0 Å². The molecule has 1 amide bonds. The van der Waals surface area contributed by atoms with Gasteiger partial charge in [0.25, 0.3) is 0 Å². The van der Waals surface area contributed by atoms with Crippen molar-refractivity contribution in [1.82, 2.24) is 25.1 Å². The fourth-order valence-electron chi connectivity index (χ4n) is 2.93. The molecule has 3 heterocycles. The lowest BCUT2D eigenvalue weighted by Crippen LogP contribution is -2.48. The first-order valence-electron chi connectivity index (χ1n) is 7.28. The van der Waals surface area contributed by atoms with Crippen LogP contribution in [0.1, 0.15) is 33.1 Å². The van der Waals surface area contributed by atoms with Crippen molar-refractivity contribution in [2.45, 2.75) is 51.7 Å². The Kier molecular flexibility index (Phi) is 4.01. The summed E-state index contributed by atoms with van der Waals surface area (Å²) in [5.74, 6) is 0.655. The number of likely N-dealkylation sites (tertiary alicyclic amines) is 1. The summed E-state index contributed by atoms with van der Waals surface area (Å²) in [6.07, 6.45) is 3.33. The molecule has 7 heteroatoms. The fraction of sp³-hybridized carbons (Fsp3) is 0.571. The molecule has 6 nitrogen and oxygen atoms in total. The first kappa shape index (κ1) is 14.2. The molecule has 21 heavy (non-hydrogen) atoms. The Morgan fingerprint density at radius 2 is 2.14 bits per heavy atom. The molecular weight excluding hydrogens is 286 g/mol. The van der Waals surface area contributed by atoms with Gasteiger partial charge >= 0.3 is 0 Å². The van der Waals surface area contributed by atoms with E-state index in [1.165, 1.54) is 11.2 Å². The Morgan fingerprint density at radius 1 is 1.38 bits per heavy atom. The molecule has 1 saturated heterocycles. The molecule has 0 radical (unpaired) electrons. The van der Waals surface area contributed by atoms with Gasteiger partial charge in [-0.3, -0.25) is 4.79 Å². The van der Waals surface area contributed by atoms with E-state index < -0.39 is 0 Å². The SMILES string of the molecule is C[C@H]1CCC[C@H](C)N1C(=O)Cn1nnc(-c2cccs2)n1. The average molecular weight is 305 g/mol. The molecule has 0 saturated carbocycles. The molecule has 0 N–H and O–H groups in total. The minimum absolute atomic E-state index is 0.0739. The van der Waals surface area contributed by atoms with Gasteiger partial charge in [0.2, 0.25) is 11.7 Å². The summed E-state index contributed by atoms with van der Waals surface area (Å²) < 4.78 is 0. The van der Waals surface area contributed by atoms with Gasteiger partial charge in [-0.2, -0.15) is 4.80 Å². The molecule has 1 fully saturated rings. The first-order valence-corrected chi connectivity index (χ1v) is 8.16. The van der Waals surface area contributed by atoms with E-state index in [1.54, 1.807) is 11.3 Å². The fourth-order valence-corrected chi connectivity index (χ4v) is 3.58. The van der Waals surface area contributed by atoms with Crippen molar-refractivity contribution in [3.63, 3.8) is 0 Å². The second kappa shape index (κ2) is 5.93. The van der Waals surface area contributed by atoms with E-state index in [0.29, 0.717) is 17.9 Å². The Hall–Kier alpha value is -1.76. The molecule has 2 aromatic heterocycles. The lowest BCUT2D eigenvalue weighted by Gasteiger charge is -2.38. The van der Waals surface area contributed by atoms with Gasteiger partial charge < -0.3 is 4.90 Å². The number of hydrogen-bond donors (Lipinski definition) is 0. The number of tetrazole rings is 1. The Morgan fingerprint density at radius 3 is 2.81 bits per heavy atom. The largest absolute Gasteiger partial charge is 0.336 e. The molecule has 2 aromatic rings. The number of nitrogens with zero attached hydrogens (tertiary/aromatic N) is 5. The number of amides is 1. The lowest BCUT2D eigenvalue weighted by molar-refractivity contribution is -0.138. The van der Waals surface area contributed by atoms with Crippen LogP contribution in [-0.4, -0.2) is 43.1 Å². The second-order valence-electron chi connectivity index (χ2n) is 5.55. The van der Waals surface area contributed by atoms with Crippen LogP contribution in [0.2, 0.25) is 0 Å². The molecule has 0 spiro atoms. The number of thiophene rings is 1. The number of carbonyl (C=O) groups is 1. The molecule has 2 atom stereocenters. The van der Waals surface area contributed by atoms with Crippen LogP contribution in [0.5, 0.6) is 0 Å². The zero-order chi connectivity index (χ0) is 14.8. The number of rotatable bonds is 3. The van der Waals surface area contributed by atoms with Crippen molar-refractivity contribution in [2.75, 3.05) is 0 Å². The summed E-state index contributed by atoms with van der Waals surface area (Å²) in [6.45, 7) is 4.38. The Labute approximate surface area is 127 Å². The van der Waals surface area contributed by atoms with Crippen molar-refractivity contribution >= 4 is 17.2 Å².